The molecule has 1 aliphatic heterocycles. The topological polar surface area (TPSA) is 79.6 Å². The number of carbonyl (C=O) groups excluding carboxylic acids is 1. The van der Waals surface area contributed by atoms with Gasteiger partial charge in [0, 0.05) is 18.8 Å². The molecule has 1 saturated heterocycles. The second kappa shape index (κ2) is 7.63. The summed E-state index contributed by atoms with van der Waals surface area (Å²) in [5.74, 6) is 0.877. The quantitative estimate of drug-likeness (QED) is 0.882. The van der Waals surface area contributed by atoms with Gasteiger partial charge in [-0.15, -0.1) is 0 Å². The number of furan rings is 1. The van der Waals surface area contributed by atoms with Gasteiger partial charge >= 0.3 is 0 Å². The molecule has 0 bridgehead atoms. The highest BCUT2D eigenvalue weighted by molar-refractivity contribution is 7.89. The molecule has 1 amide bonds. The van der Waals surface area contributed by atoms with Crippen LogP contribution in [0.15, 0.2) is 39.6 Å². The highest BCUT2D eigenvalue weighted by atomic mass is 32.2. The zero-order valence-corrected chi connectivity index (χ0v) is 15.9. The molecular weight excluding hydrogens is 352 g/mol. The lowest BCUT2D eigenvalue weighted by Gasteiger charge is -2.20. The smallest absolute Gasteiger partial charge is 0.259 e. The SMILES string of the molecule is Cc1cc(C(=O)Nc2cccc(S(=O)(=O)N3CCCCCC3)c2)c(C)o1. The Hall–Kier alpha value is -2.12. The van der Waals surface area contributed by atoms with E-state index in [1.165, 1.54) is 6.07 Å². The number of anilines is 1. The number of benzene rings is 1. The highest BCUT2D eigenvalue weighted by Crippen LogP contribution is 2.23. The number of nitrogens with zero attached hydrogens (tertiary/aromatic N) is 1. The number of hydrogen-bond acceptors (Lipinski definition) is 4. The molecule has 26 heavy (non-hydrogen) atoms. The molecule has 1 N–H and O–H groups in total. The van der Waals surface area contributed by atoms with E-state index in [2.05, 4.69) is 5.32 Å². The Labute approximate surface area is 154 Å². The van der Waals surface area contributed by atoms with Crippen molar-refractivity contribution >= 4 is 21.6 Å². The van der Waals surface area contributed by atoms with E-state index in [1.807, 2.05) is 0 Å². The average Bonchev–Trinajstić information content (AvgIpc) is 2.80. The fourth-order valence-corrected chi connectivity index (χ4v) is 4.78. The van der Waals surface area contributed by atoms with Crippen molar-refractivity contribution < 1.29 is 17.6 Å². The molecule has 0 aliphatic carbocycles. The first-order valence-electron chi connectivity index (χ1n) is 8.86. The molecule has 0 radical (unpaired) electrons. The number of hydrogen-bond donors (Lipinski definition) is 1. The van der Waals surface area contributed by atoms with Crippen molar-refractivity contribution in [1.29, 1.82) is 0 Å². The van der Waals surface area contributed by atoms with E-state index in [4.69, 9.17) is 4.42 Å². The summed E-state index contributed by atoms with van der Waals surface area (Å²) in [4.78, 5) is 12.6. The lowest BCUT2D eigenvalue weighted by atomic mass is 10.2. The van der Waals surface area contributed by atoms with Gasteiger partial charge in [-0.3, -0.25) is 4.79 Å². The van der Waals surface area contributed by atoms with Gasteiger partial charge in [0.1, 0.15) is 11.5 Å². The summed E-state index contributed by atoms with van der Waals surface area (Å²) in [6.07, 6.45) is 3.89. The number of nitrogens with one attached hydrogen (secondary N) is 1. The molecule has 0 spiro atoms. The maximum absolute atomic E-state index is 12.9. The Morgan fingerprint density at radius 1 is 1.08 bits per heavy atom. The Bertz CT molecular complexity index is 894. The molecule has 1 fully saturated rings. The minimum Gasteiger partial charge on any atom is -0.466 e. The third-order valence-corrected chi connectivity index (χ3v) is 6.47. The van der Waals surface area contributed by atoms with Crippen molar-refractivity contribution in [3.63, 3.8) is 0 Å². The van der Waals surface area contributed by atoms with Crippen LogP contribution in [0.1, 0.15) is 47.6 Å². The van der Waals surface area contributed by atoms with Crippen molar-refractivity contribution in [2.45, 2.75) is 44.4 Å². The first-order valence-corrected chi connectivity index (χ1v) is 10.3. The zero-order valence-electron chi connectivity index (χ0n) is 15.1. The second-order valence-electron chi connectivity index (χ2n) is 6.63. The van der Waals surface area contributed by atoms with Gasteiger partial charge in [-0.05, 0) is 51.0 Å². The van der Waals surface area contributed by atoms with E-state index < -0.39 is 10.0 Å². The zero-order chi connectivity index (χ0) is 18.7. The van der Waals surface area contributed by atoms with Crippen molar-refractivity contribution in [2.24, 2.45) is 0 Å². The summed E-state index contributed by atoms with van der Waals surface area (Å²) in [5, 5.41) is 2.76. The molecule has 0 unspecified atom stereocenters. The fourth-order valence-electron chi connectivity index (χ4n) is 3.22. The second-order valence-corrected chi connectivity index (χ2v) is 8.57. The molecular formula is C19H24N2O4S. The van der Waals surface area contributed by atoms with Gasteiger partial charge < -0.3 is 9.73 Å². The third-order valence-electron chi connectivity index (χ3n) is 4.58. The van der Waals surface area contributed by atoms with Gasteiger partial charge in [-0.25, -0.2) is 8.42 Å². The summed E-state index contributed by atoms with van der Waals surface area (Å²) < 4.78 is 32.7. The van der Waals surface area contributed by atoms with Gasteiger partial charge in [-0.1, -0.05) is 18.9 Å². The fraction of sp³-hybridized carbons (Fsp3) is 0.421. The molecule has 0 atom stereocenters. The van der Waals surface area contributed by atoms with E-state index in [0.717, 1.165) is 25.7 Å². The van der Waals surface area contributed by atoms with Crippen molar-refractivity contribution in [1.82, 2.24) is 4.31 Å². The van der Waals surface area contributed by atoms with E-state index >= 15 is 0 Å². The molecule has 2 aromatic rings. The summed E-state index contributed by atoms with van der Waals surface area (Å²) >= 11 is 0. The van der Waals surface area contributed by atoms with Gasteiger partial charge in [-0.2, -0.15) is 4.31 Å². The number of sulfonamides is 1. The molecule has 1 aromatic carbocycles. The van der Waals surface area contributed by atoms with Gasteiger partial charge in [0.25, 0.3) is 5.91 Å². The van der Waals surface area contributed by atoms with Crippen LogP contribution in [0, 0.1) is 13.8 Å². The van der Waals surface area contributed by atoms with Crippen LogP contribution >= 0.6 is 0 Å². The number of carbonyl (C=O) groups is 1. The predicted octanol–water partition coefficient (Wildman–Crippen LogP) is 3.71. The first kappa shape index (κ1) is 18.7. The predicted molar refractivity (Wildman–Crippen MR) is 99.8 cm³/mol. The summed E-state index contributed by atoms with van der Waals surface area (Å²) in [6.45, 7) is 4.60. The minimum atomic E-state index is -3.55. The van der Waals surface area contributed by atoms with Crippen LogP contribution in [0.5, 0.6) is 0 Å². The highest BCUT2D eigenvalue weighted by Gasteiger charge is 2.25. The molecule has 140 valence electrons. The summed E-state index contributed by atoms with van der Waals surface area (Å²) in [7, 11) is -3.55. The summed E-state index contributed by atoms with van der Waals surface area (Å²) in [6, 6.07) is 8.08. The van der Waals surface area contributed by atoms with Crippen molar-refractivity contribution in [3.05, 3.63) is 47.4 Å². The Morgan fingerprint density at radius 3 is 2.38 bits per heavy atom. The number of aryl methyl sites for hydroxylation is 2. The standard InChI is InChI=1S/C19H24N2O4S/c1-14-12-18(15(2)25-14)19(22)20-16-8-7-9-17(13-16)26(23,24)21-10-5-3-4-6-11-21/h7-9,12-13H,3-6,10-11H2,1-2H3,(H,20,22). The molecule has 6 nitrogen and oxygen atoms in total. The van der Waals surface area contributed by atoms with Crippen molar-refractivity contribution in [2.75, 3.05) is 18.4 Å². The Morgan fingerprint density at radius 2 is 1.77 bits per heavy atom. The third kappa shape index (κ3) is 3.99. The lowest BCUT2D eigenvalue weighted by molar-refractivity contribution is 0.102. The van der Waals surface area contributed by atoms with Gasteiger partial charge in [0.15, 0.2) is 0 Å². The Kier molecular flexibility index (Phi) is 5.48. The van der Waals surface area contributed by atoms with Gasteiger partial charge in [0.05, 0.1) is 10.5 Å². The first-order chi connectivity index (χ1) is 12.4. The van der Waals surface area contributed by atoms with Gasteiger partial charge in [0.2, 0.25) is 10.0 Å². The molecule has 2 heterocycles. The van der Waals surface area contributed by atoms with E-state index in [0.29, 0.717) is 35.9 Å². The molecule has 0 saturated carbocycles. The van der Waals surface area contributed by atoms with E-state index in [-0.39, 0.29) is 10.8 Å². The van der Waals surface area contributed by atoms with Crippen LogP contribution in [-0.2, 0) is 10.0 Å². The average molecular weight is 376 g/mol. The van der Waals surface area contributed by atoms with Crippen molar-refractivity contribution in [3.8, 4) is 0 Å². The normalized spacial score (nSPS) is 16.2. The van der Waals surface area contributed by atoms with Crippen LogP contribution in [0.4, 0.5) is 5.69 Å². The molecule has 1 aromatic heterocycles. The molecule has 7 heteroatoms. The number of rotatable bonds is 4. The van der Waals surface area contributed by atoms with Crippen LogP contribution in [0.3, 0.4) is 0 Å². The largest absolute Gasteiger partial charge is 0.466 e. The van der Waals surface area contributed by atoms with Crippen LogP contribution in [0.2, 0.25) is 0 Å². The maximum atomic E-state index is 12.9. The van der Waals surface area contributed by atoms with Crippen LogP contribution in [-0.4, -0.2) is 31.7 Å². The van der Waals surface area contributed by atoms with Crippen LogP contribution < -0.4 is 5.32 Å². The van der Waals surface area contributed by atoms with E-state index in [9.17, 15) is 13.2 Å². The summed E-state index contributed by atoms with van der Waals surface area (Å²) in [5.41, 5.74) is 0.896. The molecule has 3 rings (SSSR count). The monoisotopic (exact) mass is 376 g/mol. The lowest BCUT2D eigenvalue weighted by Crippen LogP contribution is -2.32. The Balaban J connectivity index is 1.81. The number of amides is 1. The van der Waals surface area contributed by atoms with E-state index in [1.54, 1.807) is 42.4 Å². The minimum absolute atomic E-state index is 0.206. The molecule has 1 aliphatic rings. The maximum Gasteiger partial charge on any atom is 0.259 e. The van der Waals surface area contributed by atoms with Crippen LogP contribution in [0.25, 0.3) is 0 Å².